The molecule has 0 aliphatic heterocycles. The van der Waals surface area contributed by atoms with Crippen LogP contribution in [0.1, 0.15) is 12.6 Å². The SMILES string of the molecule is Cn1nccc1CCNC(C)(CCl)CCl. The summed E-state index contributed by atoms with van der Waals surface area (Å²) in [6.45, 7) is 2.88. The maximum absolute atomic E-state index is 5.84. The molecule has 1 heterocycles. The summed E-state index contributed by atoms with van der Waals surface area (Å²) in [5.74, 6) is 1.03. The van der Waals surface area contributed by atoms with Gasteiger partial charge >= 0.3 is 0 Å². The Bertz CT molecular complexity index is 295. The van der Waals surface area contributed by atoms with E-state index in [9.17, 15) is 0 Å². The molecule has 0 atom stereocenters. The lowest BCUT2D eigenvalue weighted by Crippen LogP contribution is -2.46. The van der Waals surface area contributed by atoms with Gasteiger partial charge in [0.25, 0.3) is 0 Å². The fourth-order valence-electron chi connectivity index (χ4n) is 1.27. The summed E-state index contributed by atoms with van der Waals surface area (Å²) in [5, 5.41) is 7.46. The highest BCUT2D eigenvalue weighted by atomic mass is 35.5. The molecule has 5 heteroatoms. The van der Waals surface area contributed by atoms with Gasteiger partial charge < -0.3 is 5.32 Å². The Morgan fingerprint density at radius 3 is 2.60 bits per heavy atom. The standard InChI is InChI=1S/C10H17Cl2N3/c1-10(7-11,8-12)13-5-3-9-4-6-14-15(9)2/h4,6,13H,3,5,7-8H2,1-2H3. The second-order valence-electron chi connectivity index (χ2n) is 3.95. The molecule has 0 fully saturated rings. The number of aryl methyl sites for hydroxylation is 1. The summed E-state index contributed by atoms with van der Waals surface area (Å²) in [6, 6.07) is 2.01. The van der Waals surface area contributed by atoms with Gasteiger partial charge in [0.15, 0.2) is 0 Å². The van der Waals surface area contributed by atoms with E-state index in [0.717, 1.165) is 13.0 Å². The first-order valence-electron chi connectivity index (χ1n) is 4.95. The maximum Gasteiger partial charge on any atom is 0.0492 e. The molecule has 0 spiro atoms. The third-order valence-electron chi connectivity index (χ3n) is 2.45. The van der Waals surface area contributed by atoms with Crippen molar-refractivity contribution in [3.8, 4) is 0 Å². The molecule has 0 amide bonds. The van der Waals surface area contributed by atoms with Crippen LogP contribution in [0.5, 0.6) is 0 Å². The van der Waals surface area contributed by atoms with Crippen molar-refractivity contribution in [2.75, 3.05) is 18.3 Å². The summed E-state index contributed by atoms with van der Waals surface area (Å²) in [6.07, 6.45) is 2.73. The molecular weight excluding hydrogens is 233 g/mol. The van der Waals surface area contributed by atoms with Crippen molar-refractivity contribution in [3.05, 3.63) is 18.0 Å². The summed E-state index contributed by atoms with van der Waals surface area (Å²) < 4.78 is 1.88. The minimum atomic E-state index is -0.179. The van der Waals surface area contributed by atoms with E-state index in [-0.39, 0.29) is 5.54 Å². The average Bonchev–Trinajstić information content (AvgIpc) is 2.64. The van der Waals surface area contributed by atoms with Gasteiger partial charge in [0.2, 0.25) is 0 Å². The van der Waals surface area contributed by atoms with E-state index in [0.29, 0.717) is 11.8 Å². The first kappa shape index (κ1) is 12.8. The van der Waals surface area contributed by atoms with Gasteiger partial charge in [-0.25, -0.2) is 0 Å². The maximum atomic E-state index is 5.84. The lowest BCUT2D eigenvalue weighted by Gasteiger charge is -2.25. The van der Waals surface area contributed by atoms with Gasteiger partial charge in [-0.1, -0.05) is 0 Å². The monoisotopic (exact) mass is 249 g/mol. The van der Waals surface area contributed by atoms with Crippen LogP contribution in [0.25, 0.3) is 0 Å². The minimum Gasteiger partial charge on any atom is -0.309 e. The number of nitrogens with zero attached hydrogens (tertiary/aromatic N) is 2. The Labute approximate surface area is 101 Å². The van der Waals surface area contributed by atoms with Gasteiger partial charge in [-0.3, -0.25) is 4.68 Å². The van der Waals surface area contributed by atoms with Crippen molar-refractivity contribution < 1.29 is 0 Å². The first-order chi connectivity index (χ1) is 7.11. The van der Waals surface area contributed by atoms with Gasteiger partial charge in [0, 0.05) is 49.2 Å². The van der Waals surface area contributed by atoms with Gasteiger partial charge in [0.1, 0.15) is 0 Å². The summed E-state index contributed by atoms with van der Waals surface area (Å²) in [5.41, 5.74) is 1.02. The van der Waals surface area contributed by atoms with Crippen molar-refractivity contribution in [1.82, 2.24) is 15.1 Å². The van der Waals surface area contributed by atoms with E-state index in [1.165, 1.54) is 5.69 Å². The summed E-state index contributed by atoms with van der Waals surface area (Å²) in [7, 11) is 1.94. The van der Waals surface area contributed by atoms with Crippen LogP contribution in [0.2, 0.25) is 0 Å². The number of nitrogens with one attached hydrogen (secondary N) is 1. The highest BCUT2D eigenvalue weighted by molar-refractivity contribution is 6.22. The number of rotatable bonds is 6. The molecule has 0 saturated heterocycles. The molecule has 15 heavy (non-hydrogen) atoms. The van der Waals surface area contributed by atoms with Crippen molar-refractivity contribution in [1.29, 1.82) is 0 Å². The van der Waals surface area contributed by atoms with Crippen LogP contribution in [-0.4, -0.2) is 33.6 Å². The lowest BCUT2D eigenvalue weighted by atomic mass is 10.1. The van der Waals surface area contributed by atoms with Crippen molar-refractivity contribution >= 4 is 23.2 Å². The van der Waals surface area contributed by atoms with Crippen LogP contribution in [0.15, 0.2) is 12.3 Å². The quantitative estimate of drug-likeness (QED) is 0.780. The Morgan fingerprint density at radius 1 is 1.47 bits per heavy atom. The topological polar surface area (TPSA) is 29.9 Å². The molecule has 1 N–H and O–H groups in total. The van der Waals surface area contributed by atoms with Gasteiger partial charge in [-0.05, 0) is 13.0 Å². The Morgan fingerprint density at radius 2 is 2.13 bits per heavy atom. The highest BCUT2D eigenvalue weighted by Gasteiger charge is 2.20. The van der Waals surface area contributed by atoms with Crippen LogP contribution >= 0.6 is 23.2 Å². The average molecular weight is 250 g/mol. The van der Waals surface area contributed by atoms with Crippen LogP contribution < -0.4 is 5.32 Å². The molecule has 1 rings (SSSR count). The molecular formula is C10H17Cl2N3. The molecule has 1 aromatic heterocycles. The van der Waals surface area contributed by atoms with Gasteiger partial charge in [-0.2, -0.15) is 5.10 Å². The second-order valence-corrected chi connectivity index (χ2v) is 4.49. The first-order valence-corrected chi connectivity index (χ1v) is 6.02. The molecule has 0 saturated carbocycles. The van der Waals surface area contributed by atoms with Crippen LogP contribution in [-0.2, 0) is 13.5 Å². The zero-order valence-electron chi connectivity index (χ0n) is 9.13. The number of hydrogen-bond acceptors (Lipinski definition) is 2. The summed E-state index contributed by atoms with van der Waals surface area (Å²) in [4.78, 5) is 0. The third-order valence-corrected chi connectivity index (χ3v) is 3.62. The second kappa shape index (κ2) is 5.73. The molecule has 0 aliphatic rings. The van der Waals surface area contributed by atoms with Gasteiger partial charge in [0.05, 0.1) is 0 Å². The molecule has 0 radical (unpaired) electrons. The largest absolute Gasteiger partial charge is 0.309 e. The molecule has 0 bridgehead atoms. The number of hydrogen-bond donors (Lipinski definition) is 1. The molecule has 0 aromatic carbocycles. The number of alkyl halides is 2. The highest BCUT2D eigenvalue weighted by Crippen LogP contribution is 2.08. The third kappa shape index (κ3) is 3.67. The molecule has 1 aromatic rings. The van der Waals surface area contributed by atoms with E-state index in [1.54, 1.807) is 6.20 Å². The van der Waals surface area contributed by atoms with Crippen LogP contribution in [0.4, 0.5) is 0 Å². The smallest absolute Gasteiger partial charge is 0.0492 e. The molecule has 0 unspecified atom stereocenters. The van der Waals surface area contributed by atoms with Crippen LogP contribution in [0.3, 0.4) is 0 Å². The molecule has 3 nitrogen and oxygen atoms in total. The Balaban J connectivity index is 2.36. The lowest BCUT2D eigenvalue weighted by molar-refractivity contribution is 0.437. The number of aromatic nitrogens is 2. The van der Waals surface area contributed by atoms with E-state index >= 15 is 0 Å². The van der Waals surface area contributed by atoms with Crippen LogP contribution in [0, 0.1) is 0 Å². The fraction of sp³-hybridized carbons (Fsp3) is 0.700. The minimum absolute atomic E-state index is 0.179. The molecule has 86 valence electrons. The molecule has 0 aliphatic carbocycles. The van der Waals surface area contributed by atoms with E-state index in [2.05, 4.69) is 10.4 Å². The van der Waals surface area contributed by atoms with Crippen molar-refractivity contribution in [2.24, 2.45) is 7.05 Å². The Hall–Kier alpha value is -0.250. The fourth-order valence-corrected chi connectivity index (χ4v) is 1.74. The Kier molecular flexibility index (Phi) is 4.90. The van der Waals surface area contributed by atoms with Crippen molar-refractivity contribution in [3.63, 3.8) is 0 Å². The summed E-state index contributed by atoms with van der Waals surface area (Å²) >= 11 is 11.7. The zero-order valence-corrected chi connectivity index (χ0v) is 10.6. The van der Waals surface area contributed by atoms with E-state index in [1.807, 2.05) is 24.7 Å². The van der Waals surface area contributed by atoms with E-state index < -0.39 is 0 Å². The number of halogens is 2. The predicted molar refractivity (Wildman–Crippen MR) is 64.8 cm³/mol. The predicted octanol–water partition coefficient (Wildman–Crippen LogP) is 1.79. The zero-order chi connectivity index (χ0) is 11.3. The van der Waals surface area contributed by atoms with E-state index in [4.69, 9.17) is 23.2 Å². The van der Waals surface area contributed by atoms with Gasteiger partial charge in [-0.15, -0.1) is 23.2 Å². The normalized spacial score (nSPS) is 12.0. The van der Waals surface area contributed by atoms with Crippen molar-refractivity contribution in [2.45, 2.75) is 18.9 Å².